The molecule has 0 aromatic carbocycles. The van der Waals surface area contributed by atoms with Gasteiger partial charge >= 0.3 is 0 Å². The van der Waals surface area contributed by atoms with Crippen molar-refractivity contribution in [2.75, 3.05) is 46.4 Å². The van der Waals surface area contributed by atoms with E-state index in [1.54, 1.807) is 0 Å². The summed E-state index contributed by atoms with van der Waals surface area (Å²) < 4.78 is 5.52. The van der Waals surface area contributed by atoms with Crippen LogP contribution in [0.2, 0.25) is 0 Å². The summed E-state index contributed by atoms with van der Waals surface area (Å²) in [5.41, 5.74) is 0.405. The lowest BCUT2D eigenvalue weighted by Crippen LogP contribution is -2.53. The predicted octanol–water partition coefficient (Wildman–Crippen LogP) is 2.02. The third-order valence-electron chi connectivity index (χ3n) is 4.73. The molecule has 0 bridgehead atoms. The van der Waals surface area contributed by atoms with E-state index < -0.39 is 0 Å². The van der Waals surface area contributed by atoms with Crippen molar-refractivity contribution >= 4 is 29.9 Å². The summed E-state index contributed by atoms with van der Waals surface area (Å²) in [4.78, 5) is 9.37. The van der Waals surface area contributed by atoms with E-state index in [1.165, 1.54) is 6.42 Å². The highest BCUT2D eigenvalue weighted by atomic mass is 127. The van der Waals surface area contributed by atoms with Crippen LogP contribution in [0.25, 0.3) is 0 Å². The van der Waals surface area contributed by atoms with E-state index in [0.29, 0.717) is 17.5 Å². The van der Waals surface area contributed by atoms with Crippen molar-refractivity contribution in [3.8, 4) is 0 Å². The molecule has 6 heteroatoms. The van der Waals surface area contributed by atoms with Gasteiger partial charge in [-0.1, -0.05) is 13.8 Å². The van der Waals surface area contributed by atoms with Crippen LogP contribution in [-0.2, 0) is 4.74 Å². The van der Waals surface area contributed by atoms with Crippen molar-refractivity contribution in [2.24, 2.45) is 10.4 Å². The van der Waals surface area contributed by atoms with Gasteiger partial charge in [0.05, 0.1) is 13.2 Å². The summed E-state index contributed by atoms with van der Waals surface area (Å²) in [5.74, 6) is 1.05. The fraction of sp³-hybridized carbons (Fsp3) is 0.938. The number of hydrogen-bond donors (Lipinski definition) is 1. The van der Waals surface area contributed by atoms with Crippen LogP contribution < -0.4 is 5.32 Å². The normalized spacial score (nSPS) is 27.4. The minimum atomic E-state index is 0. The number of hydrogen-bond acceptors (Lipinski definition) is 3. The first-order chi connectivity index (χ1) is 9.93. The monoisotopic (exact) mass is 424 g/mol. The molecule has 5 nitrogen and oxygen atoms in total. The Morgan fingerprint density at radius 1 is 1.41 bits per heavy atom. The van der Waals surface area contributed by atoms with Gasteiger partial charge in [-0.05, 0) is 25.7 Å². The third-order valence-corrected chi connectivity index (χ3v) is 4.73. The molecule has 0 aromatic rings. The van der Waals surface area contributed by atoms with Crippen molar-refractivity contribution in [1.29, 1.82) is 0 Å². The first kappa shape index (κ1) is 20.0. The lowest BCUT2D eigenvalue weighted by Gasteiger charge is -2.38. The maximum absolute atomic E-state index is 5.52. The summed E-state index contributed by atoms with van der Waals surface area (Å²) in [7, 11) is 1.88. The fourth-order valence-corrected chi connectivity index (χ4v) is 3.38. The molecule has 2 atom stereocenters. The molecule has 2 unspecified atom stereocenters. The molecule has 0 amide bonds. The molecule has 0 aliphatic carbocycles. The van der Waals surface area contributed by atoms with Crippen LogP contribution in [0.4, 0.5) is 0 Å². The second-order valence-corrected chi connectivity index (χ2v) is 7.27. The van der Waals surface area contributed by atoms with Gasteiger partial charge < -0.3 is 15.0 Å². The highest BCUT2D eigenvalue weighted by molar-refractivity contribution is 14.0. The van der Waals surface area contributed by atoms with E-state index in [2.05, 4.69) is 47.8 Å². The zero-order valence-corrected chi connectivity index (χ0v) is 17.1. The molecule has 1 N–H and O–H groups in total. The Morgan fingerprint density at radius 2 is 2.14 bits per heavy atom. The molecule has 2 heterocycles. The zero-order chi connectivity index (χ0) is 15.5. The first-order valence-electron chi connectivity index (χ1n) is 8.22. The van der Waals surface area contributed by atoms with Crippen LogP contribution in [0.5, 0.6) is 0 Å². The van der Waals surface area contributed by atoms with Crippen LogP contribution in [0, 0.1) is 5.41 Å². The Balaban J connectivity index is 0.00000242. The summed E-state index contributed by atoms with van der Waals surface area (Å²) in [6.45, 7) is 15.1. The SMILES string of the molecule is CN=C(NCC(C)N1CCOCC1C)N1CCC(C)(C)C1.I. The molecule has 0 aromatic heterocycles. The molecule has 0 radical (unpaired) electrons. The van der Waals surface area contributed by atoms with Gasteiger partial charge in [-0.3, -0.25) is 9.89 Å². The van der Waals surface area contributed by atoms with Crippen LogP contribution in [0.1, 0.15) is 34.1 Å². The number of morpholine rings is 1. The number of guanidine groups is 1. The lowest BCUT2D eigenvalue weighted by atomic mass is 9.93. The summed E-state index contributed by atoms with van der Waals surface area (Å²) in [6, 6.07) is 1.000. The Kier molecular flexibility index (Phi) is 7.88. The minimum Gasteiger partial charge on any atom is -0.379 e. The van der Waals surface area contributed by atoms with Crippen LogP contribution >= 0.6 is 24.0 Å². The second-order valence-electron chi connectivity index (χ2n) is 7.27. The molecule has 0 spiro atoms. The highest BCUT2D eigenvalue weighted by Crippen LogP contribution is 2.28. The van der Waals surface area contributed by atoms with Crippen molar-refractivity contribution in [3.63, 3.8) is 0 Å². The molecule has 2 aliphatic heterocycles. The molecule has 22 heavy (non-hydrogen) atoms. The molecule has 2 fully saturated rings. The predicted molar refractivity (Wildman–Crippen MR) is 103 cm³/mol. The van der Waals surface area contributed by atoms with E-state index in [1.807, 2.05) is 7.05 Å². The van der Waals surface area contributed by atoms with E-state index in [9.17, 15) is 0 Å². The Bertz CT molecular complexity index is 375. The lowest BCUT2D eigenvalue weighted by molar-refractivity contribution is -0.0175. The molecule has 130 valence electrons. The average molecular weight is 424 g/mol. The third kappa shape index (κ3) is 5.23. The fourth-order valence-electron chi connectivity index (χ4n) is 3.38. The second kappa shape index (κ2) is 8.68. The summed E-state index contributed by atoms with van der Waals surface area (Å²) in [5, 5.41) is 3.56. The molecule has 2 aliphatic rings. The molecular weight excluding hydrogens is 391 g/mol. The van der Waals surface area contributed by atoms with Crippen molar-refractivity contribution in [3.05, 3.63) is 0 Å². The van der Waals surface area contributed by atoms with Gasteiger partial charge in [-0.15, -0.1) is 24.0 Å². The van der Waals surface area contributed by atoms with Gasteiger partial charge in [-0.25, -0.2) is 0 Å². The number of likely N-dealkylation sites (tertiary alicyclic amines) is 1. The van der Waals surface area contributed by atoms with E-state index >= 15 is 0 Å². The number of halogens is 1. The molecule has 2 saturated heterocycles. The van der Waals surface area contributed by atoms with Crippen molar-refractivity contribution in [1.82, 2.24) is 15.1 Å². The standard InChI is InChI=1S/C16H32N4O.HI/c1-13(20-8-9-21-11-14(20)2)10-18-15(17-5)19-7-6-16(3,4)12-19;/h13-14H,6-12H2,1-5H3,(H,17,18);1H. The largest absolute Gasteiger partial charge is 0.379 e. The van der Waals surface area contributed by atoms with Crippen molar-refractivity contribution < 1.29 is 4.74 Å². The number of ether oxygens (including phenoxy) is 1. The summed E-state index contributed by atoms with van der Waals surface area (Å²) in [6.07, 6.45) is 1.24. The van der Waals surface area contributed by atoms with Gasteiger partial charge in [0.1, 0.15) is 0 Å². The Labute approximate surface area is 152 Å². The van der Waals surface area contributed by atoms with Crippen LogP contribution in [0.3, 0.4) is 0 Å². The Morgan fingerprint density at radius 3 is 2.68 bits per heavy atom. The maximum atomic E-state index is 5.52. The van der Waals surface area contributed by atoms with E-state index in [4.69, 9.17) is 4.74 Å². The smallest absolute Gasteiger partial charge is 0.193 e. The van der Waals surface area contributed by atoms with Gasteiger partial charge in [0.15, 0.2) is 5.96 Å². The van der Waals surface area contributed by atoms with Gasteiger partial charge in [0.2, 0.25) is 0 Å². The van der Waals surface area contributed by atoms with Crippen molar-refractivity contribution in [2.45, 2.75) is 46.2 Å². The first-order valence-corrected chi connectivity index (χ1v) is 8.22. The number of nitrogens with zero attached hydrogens (tertiary/aromatic N) is 3. The number of nitrogens with one attached hydrogen (secondary N) is 1. The Hall–Kier alpha value is -0.0800. The maximum Gasteiger partial charge on any atom is 0.193 e. The highest BCUT2D eigenvalue weighted by Gasteiger charge is 2.31. The summed E-state index contributed by atoms with van der Waals surface area (Å²) >= 11 is 0. The van der Waals surface area contributed by atoms with Crippen LogP contribution in [-0.4, -0.2) is 74.3 Å². The quantitative estimate of drug-likeness (QED) is 0.428. The van der Waals surface area contributed by atoms with Crippen LogP contribution in [0.15, 0.2) is 4.99 Å². The molecular formula is C16H33IN4O. The van der Waals surface area contributed by atoms with E-state index in [0.717, 1.165) is 45.4 Å². The van der Waals surface area contributed by atoms with E-state index in [-0.39, 0.29) is 24.0 Å². The number of aliphatic imine (C=N–C) groups is 1. The minimum absolute atomic E-state index is 0. The zero-order valence-electron chi connectivity index (χ0n) is 14.8. The number of rotatable bonds is 3. The average Bonchev–Trinajstić information content (AvgIpc) is 2.80. The van der Waals surface area contributed by atoms with Gasteiger partial charge in [0.25, 0.3) is 0 Å². The van der Waals surface area contributed by atoms with Gasteiger partial charge in [0, 0.05) is 45.3 Å². The molecule has 0 saturated carbocycles. The molecule has 2 rings (SSSR count). The van der Waals surface area contributed by atoms with Gasteiger partial charge in [-0.2, -0.15) is 0 Å². The topological polar surface area (TPSA) is 40.1 Å².